The van der Waals surface area contributed by atoms with Crippen molar-refractivity contribution in [3.05, 3.63) is 0 Å². The number of hydrogen-bond acceptors (Lipinski definition) is 1. The second-order valence-electron chi connectivity index (χ2n) is 1.32. The van der Waals surface area contributed by atoms with Gasteiger partial charge in [-0.05, 0) is 19.5 Å². The molecule has 0 aliphatic carbocycles. The van der Waals surface area contributed by atoms with Gasteiger partial charge < -0.3 is 5.41 Å². The lowest BCUT2D eigenvalue weighted by Crippen LogP contribution is -1.85. The van der Waals surface area contributed by atoms with Gasteiger partial charge >= 0.3 is 0 Å². The molecule has 0 amide bonds. The van der Waals surface area contributed by atoms with Gasteiger partial charge in [0.15, 0.2) is 0 Å². The number of nitrogens with one attached hydrogen (secondary N) is 1. The summed E-state index contributed by atoms with van der Waals surface area (Å²) in [5.74, 6) is 0. The van der Waals surface area contributed by atoms with Gasteiger partial charge in [0.05, 0.1) is 0 Å². The van der Waals surface area contributed by atoms with Crippen molar-refractivity contribution in [1.29, 1.82) is 5.41 Å². The van der Waals surface area contributed by atoms with E-state index in [1.165, 1.54) is 0 Å². The molecule has 6 heavy (non-hydrogen) atoms. The summed E-state index contributed by atoms with van der Waals surface area (Å²) in [6.07, 6.45) is 1.94. The quantitative estimate of drug-likeness (QED) is 0.402. The van der Waals surface area contributed by atoms with E-state index in [1.54, 1.807) is 0 Å². The minimum Gasteiger partial charge on any atom is -0.310 e. The molecule has 0 saturated carbocycles. The molecule has 0 aromatic rings. The van der Waals surface area contributed by atoms with Crippen LogP contribution in [-0.4, -0.2) is 11.9 Å². The van der Waals surface area contributed by atoms with Crippen molar-refractivity contribution in [2.75, 3.05) is 6.16 Å². The van der Waals surface area contributed by atoms with Crippen LogP contribution in [0.2, 0.25) is 0 Å². The van der Waals surface area contributed by atoms with Crippen LogP contribution in [0.3, 0.4) is 0 Å². The first-order chi connectivity index (χ1) is 2.77. The fraction of sp³-hybridized carbons (Fsp3) is 0.750. The van der Waals surface area contributed by atoms with E-state index in [0.717, 1.165) is 18.3 Å². The molecule has 0 aromatic carbocycles. The van der Waals surface area contributed by atoms with E-state index in [2.05, 4.69) is 9.24 Å². The zero-order valence-corrected chi connectivity index (χ0v) is 5.15. The molecule has 1 nitrogen and oxygen atoms in total. The van der Waals surface area contributed by atoms with Crippen LogP contribution in [0.15, 0.2) is 0 Å². The van der Waals surface area contributed by atoms with E-state index in [1.807, 2.05) is 6.92 Å². The van der Waals surface area contributed by atoms with Crippen molar-refractivity contribution in [3.63, 3.8) is 0 Å². The third kappa shape index (κ3) is 4.10. The fourth-order valence-electron chi connectivity index (χ4n) is 0.217. The van der Waals surface area contributed by atoms with Crippen molar-refractivity contribution in [2.45, 2.75) is 13.3 Å². The van der Waals surface area contributed by atoms with Crippen molar-refractivity contribution in [2.24, 2.45) is 0 Å². The third-order valence-corrected chi connectivity index (χ3v) is 0.808. The van der Waals surface area contributed by atoms with Gasteiger partial charge in [-0.25, -0.2) is 0 Å². The molecule has 1 unspecified atom stereocenters. The largest absolute Gasteiger partial charge is 0.310 e. The first-order valence-corrected chi connectivity index (χ1v) is 2.83. The third-order valence-electron chi connectivity index (χ3n) is 0.519. The highest BCUT2D eigenvalue weighted by molar-refractivity contribution is 7.16. The van der Waals surface area contributed by atoms with Gasteiger partial charge in [-0.3, -0.25) is 0 Å². The molecule has 2 heteroatoms. The molecular formula is C4H10NP. The van der Waals surface area contributed by atoms with Crippen LogP contribution in [-0.2, 0) is 0 Å². The highest BCUT2D eigenvalue weighted by atomic mass is 31.0. The molecule has 0 heterocycles. The molecule has 0 fully saturated rings. The second kappa shape index (κ2) is 3.30. The van der Waals surface area contributed by atoms with Crippen molar-refractivity contribution in [3.8, 4) is 0 Å². The van der Waals surface area contributed by atoms with Gasteiger partial charge in [-0.1, -0.05) is 0 Å². The highest BCUT2D eigenvalue weighted by Gasteiger charge is 1.78. The first kappa shape index (κ1) is 6.10. The lowest BCUT2D eigenvalue weighted by molar-refractivity contribution is 1.25. The van der Waals surface area contributed by atoms with Gasteiger partial charge in [0.2, 0.25) is 0 Å². The van der Waals surface area contributed by atoms with E-state index >= 15 is 0 Å². The molecule has 0 rings (SSSR count). The van der Waals surface area contributed by atoms with Crippen molar-refractivity contribution >= 4 is 15.0 Å². The first-order valence-electron chi connectivity index (χ1n) is 2.01. The Morgan fingerprint density at radius 2 is 2.33 bits per heavy atom. The maximum atomic E-state index is 6.88. The molecule has 0 aliphatic heterocycles. The Morgan fingerprint density at radius 1 is 1.83 bits per heavy atom. The van der Waals surface area contributed by atoms with Gasteiger partial charge in [-0.2, -0.15) is 0 Å². The van der Waals surface area contributed by atoms with Crippen LogP contribution < -0.4 is 0 Å². The SMILES string of the molecule is CC(=N)CCP. The second-order valence-corrected chi connectivity index (χ2v) is 1.90. The summed E-state index contributed by atoms with van der Waals surface area (Å²) in [5, 5.41) is 6.88. The van der Waals surface area contributed by atoms with E-state index in [9.17, 15) is 0 Å². The van der Waals surface area contributed by atoms with E-state index < -0.39 is 0 Å². The van der Waals surface area contributed by atoms with E-state index in [0.29, 0.717) is 0 Å². The molecule has 0 radical (unpaired) electrons. The van der Waals surface area contributed by atoms with Crippen LogP contribution in [0.5, 0.6) is 0 Å². The van der Waals surface area contributed by atoms with Gasteiger partial charge in [0.25, 0.3) is 0 Å². The van der Waals surface area contributed by atoms with Gasteiger partial charge in [0, 0.05) is 5.71 Å². The predicted octanol–water partition coefficient (Wildman–Crippen LogP) is 1.29. The molecule has 0 aliphatic rings. The molecule has 0 saturated heterocycles. The van der Waals surface area contributed by atoms with Gasteiger partial charge in [-0.15, -0.1) is 9.24 Å². The molecule has 0 spiro atoms. The topological polar surface area (TPSA) is 23.9 Å². The zero-order chi connectivity index (χ0) is 4.99. The molecule has 1 atom stereocenters. The maximum absolute atomic E-state index is 6.88. The monoisotopic (exact) mass is 103 g/mol. The van der Waals surface area contributed by atoms with Gasteiger partial charge in [0.1, 0.15) is 0 Å². The molecule has 1 N–H and O–H groups in total. The van der Waals surface area contributed by atoms with Crippen LogP contribution >= 0.6 is 9.24 Å². The summed E-state index contributed by atoms with van der Waals surface area (Å²) in [6, 6.07) is 0. The Kier molecular flexibility index (Phi) is 3.35. The fourth-order valence-corrected chi connectivity index (χ4v) is 0.650. The Labute approximate surface area is 40.8 Å². The van der Waals surface area contributed by atoms with Crippen LogP contribution in [0.4, 0.5) is 0 Å². The zero-order valence-electron chi connectivity index (χ0n) is 3.99. The Balaban J connectivity index is 2.83. The average molecular weight is 103 g/mol. The smallest absolute Gasteiger partial charge is 0.00615 e. The lowest BCUT2D eigenvalue weighted by atomic mass is 10.3. The maximum Gasteiger partial charge on any atom is 0.00615 e. The summed E-state index contributed by atoms with van der Waals surface area (Å²) >= 11 is 0. The van der Waals surface area contributed by atoms with Crippen LogP contribution in [0.1, 0.15) is 13.3 Å². The Morgan fingerprint density at radius 3 is 2.33 bits per heavy atom. The summed E-state index contributed by atoms with van der Waals surface area (Å²) in [4.78, 5) is 0. The molecule has 36 valence electrons. The lowest BCUT2D eigenvalue weighted by Gasteiger charge is -1.85. The Bertz CT molecular complexity index is 51.5. The standard InChI is InChI=1S/C4H10NP/c1-4(5)2-3-6/h5H,2-3,6H2,1H3. The summed E-state index contributed by atoms with van der Waals surface area (Å²) < 4.78 is 0. The summed E-state index contributed by atoms with van der Waals surface area (Å²) in [5.41, 5.74) is 0.769. The van der Waals surface area contributed by atoms with Crippen molar-refractivity contribution in [1.82, 2.24) is 0 Å². The van der Waals surface area contributed by atoms with E-state index in [4.69, 9.17) is 5.41 Å². The highest BCUT2D eigenvalue weighted by Crippen LogP contribution is 1.87. The predicted molar refractivity (Wildman–Crippen MR) is 32.6 cm³/mol. The number of hydrogen-bond donors (Lipinski definition) is 1. The minimum atomic E-state index is 0.769. The molecule has 0 bridgehead atoms. The Hall–Kier alpha value is 0.100. The molecular weight excluding hydrogens is 93.0 g/mol. The summed E-state index contributed by atoms with van der Waals surface area (Å²) in [6.45, 7) is 1.82. The molecule has 0 aromatic heterocycles. The van der Waals surface area contributed by atoms with Crippen LogP contribution in [0.25, 0.3) is 0 Å². The summed E-state index contributed by atoms with van der Waals surface area (Å²) in [7, 11) is 2.58. The van der Waals surface area contributed by atoms with E-state index in [-0.39, 0.29) is 0 Å². The average Bonchev–Trinajstić information content (AvgIpc) is 1.35. The van der Waals surface area contributed by atoms with Crippen molar-refractivity contribution < 1.29 is 0 Å². The normalized spacial score (nSPS) is 8.33. The number of rotatable bonds is 2. The minimum absolute atomic E-state index is 0.769. The van der Waals surface area contributed by atoms with Crippen LogP contribution in [0, 0.1) is 5.41 Å².